The Morgan fingerprint density at radius 3 is 2.74 bits per heavy atom. The monoisotopic (exact) mass is 370 g/mol. The van der Waals surface area contributed by atoms with E-state index in [1.807, 2.05) is 18.2 Å². The van der Waals surface area contributed by atoms with Crippen LogP contribution in [0.4, 0.5) is 0 Å². The molecule has 3 rings (SSSR count). The van der Waals surface area contributed by atoms with Crippen LogP contribution in [0.15, 0.2) is 18.2 Å². The smallest absolute Gasteiger partial charge is 0.256 e. The number of carbonyl (C=O) groups is 3. The summed E-state index contributed by atoms with van der Waals surface area (Å²) in [6, 6.07) is 5.15. The van der Waals surface area contributed by atoms with Gasteiger partial charge in [-0.15, -0.1) is 0 Å². The van der Waals surface area contributed by atoms with Crippen LogP contribution in [0, 0.1) is 3.57 Å². The number of rotatable bonds is 1. The highest BCUT2D eigenvalue weighted by Crippen LogP contribution is 2.30. The molecule has 2 aliphatic heterocycles. The van der Waals surface area contributed by atoms with E-state index in [0.29, 0.717) is 18.5 Å². The number of amides is 3. The summed E-state index contributed by atoms with van der Waals surface area (Å²) in [4.78, 5) is 37.0. The van der Waals surface area contributed by atoms with Crippen molar-refractivity contribution in [2.45, 2.75) is 25.4 Å². The van der Waals surface area contributed by atoms with Crippen LogP contribution in [-0.2, 0) is 16.1 Å². The lowest BCUT2D eigenvalue weighted by Gasteiger charge is -2.29. The Kier molecular flexibility index (Phi) is 3.04. The largest absolute Gasteiger partial charge is 0.322 e. The summed E-state index contributed by atoms with van der Waals surface area (Å²) in [5.41, 5.74) is 1.63. The van der Waals surface area contributed by atoms with E-state index in [1.165, 1.54) is 0 Å². The number of benzene rings is 1. The van der Waals surface area contributed by atoms with Gasteiger partial charge in [-0.3, -0.25) is 19.7 Å². The van der Waals surface area contributed by atoms with Crippen molar-refractivity contribution in [1.29, 1.82) is 0 Å². The molecule has 1 aromatic rings. The molecule has 3 amide bonds. The summed E-state index contributed by atoms with van der Waals surface area (Å²) >= 11 is 2.13. The van der Waals surface area contributed by atoms with Crippen LogP contribution in [0.1, 0.15) is 28.8 Å². The lowest BCUT2D eigenvalue weighted by Crippen LogP contribution is -2.52. The van der Waals surface area contributed by atoms with Crippen molar-refractivity contribution in [2.24, 2.45) is 0 Å². The maximum absolute atomic E-state index is 12.4. The Balaban J connectivity index is 1.90. The Hall–Kier alpha value is -1.44. The van der Waals surface area contributed by atoms with E-state index in [0.717, 1.165) is 9.13 Å². The molecule has 1 saturated heterocycles. The third kappa shape index (κ3) is 2.03. The van der Waals surface area contributed by atoms with Gasteiger partial charge in [0.05, 0.1) is 5.56 Å². The van der Waals surface area contributed by atoms with E-state index < -0.39 is 6.04 Å². The van der Waals surface area contributed by atoms with Gasteiger partial charge >= 0.3 is 0 Å². The normalized spacial score (nSPS) is 22.5. The second-order valence-corrected chi connectivity index (χ2v) is 5.84. The minimum absolute atomic E-state index is 0.116. The van der Waals surface area contributed by atoms with Crippen molar-refractivity contribution >= 4 is 40.3 Å². The predicted octanol–water partition coefficient (Wildman–Crippen LogP) is 1.05. The molecule has 1 fully saturated rings. The van der Waals surface area contributed by atoms with Crippen LogP contribution in [-0.4, -0.2) is 28.7 Å². The summed E-state index contributed by atoms with van der Waals surface area (Å²) < 4.78 is 0.898. The van der Waals surface area contributed by atoms with E-state index in [4.69, 9.17) is 0 Å². The molecule has 19 heavy (non-hydrogen) atoms. The van der Waals surface area contributed by atoms with Gasteiger partial charge in [-0.25, -0.2) is 0 Å². The fourth-order valence-electron chi connectivity index (χ4n) is 2.57. The van der Waals surface area contributed by atoms with Gasteiger partial charge in [0.1, 0.15) is 6.04 Å². The van der Waals surface area contributed by atoms with Crippen molar-refractivity contribution < 1.29 is 14.4 Å². The van der Waals surface area contributed by atoms with Crippen LogP contribution < -0.4 is 5.32 Å². The molecular formula is C13H11IN2O3. The first-order valence-corrected chi connectivity index (χ1v) is 7.08. The van der Waals surface area contributed by atoms with E-state index in [9.17, 15) is 14.4 Å². The molecule has 1 N–H and O–H groups in total. The Bertz CT molecular complexity index is 600. The average Bonchev–Trinajstić information content (AvgIpc) is 2.68. The minimum Gasteiger partial charge on any atom is -0.322 e. The van der Waals surface area contributed by atoms with Gasteiger partial charge in [0.15, 0.2) is 0 Å². The first-order chi connectivity index (χ1) is 9.08. The van der Waals surface area contributed by atoms with Crippen molar-refractivity contribution in [2.75, 3.05) is 0 Å². The van der Waals surface area contributed by atoms with Gasteiger partial charge in [-0.1, -0.05) is 12.1 Å². The van der Waals surface area contributed by atoms with Crippen LogP contribution in [0.3, 0.4) is 0 Å². The molecule has 2 heterocycles. The van der Waals surface area contributed by atoms with Crippen molar-refractivity contribution in [3.8, 4) is 0 Å². The fraction of sp³-hybridized carbons (Fsp3) is 0.308. The van der Waals surface area contributed by atoms with Crippen molar-refractivity contribution in [3.05, 3.63) is 32.9 Å². The van der Waals surface area contributed by atoms with Gasteiger partial charge in [0, 0.05) is 16.5 Å². The van der Waals surface area contributed by atoms with Crippen LogP contribution in [0.5, 0.6) is 0 Å². The van der Waals surface area contributed by atoms with E-state index >= 15 is 0 Å². The number of hydrogen-bond donors (Lipinski definition) is 1. The van der Waals surface area contributed by atoms with E-state index in [2.05, 4.69) is 27.9 Å². The number of carbonyl (C=O) groups excluding carboxylic acids is 3. The van der Waals surface area contributed by atoms with Crippen LogP contribution in [0.2, 0.25) is 0 Å². The highest BCUT2D eigenvalue weighted by Gasteiger charge is 2.39. The molecule has 0 bridgehead atoms. The van der Waals surface area contributed by atoms with Gasteiger partial charge < -0.3 is 4.90 Å². The molecule has 5 nitrogen and oxygen atoms in total. The summed E-state index contributed by atoms with van der Waals surface area (Å²) in [5, 5.41) is 2.29. The number of hydrogen-bond acceptors (Lipinski definition) is 3. The zero-order valence-corrected chi connectivity index (χ0v) is 12.1. The lowest BCUT2D eigenvalue weighted by molar-refractivity contribution is -0.136. The average molecular weight is 370 g/mol. The second-order valence-electron chi connectivity index (χ2n) is 4.67. The quantitative estimate of drug-likeness (QED) is 0.594. The molecule has 0 aromatic heterocycles. The van der Waals surface area contributed by atoms with Gasteiger partial charge in [-0.2, -0.15) is 0 Å². The SMILES string of the molecule is O=C1CC[C@H](N2Cc3cccc(I)c3C2=O)C(=O)N1. The van der Waals surface area contributed by atoms with Crippen molar-refractivity contribution in [3.63, 3.8) is 0 Å². The zero-order valence-electron chi connectivity index (χ0n) is 9.98. The molecular weight excluding hydrogens is 359 g/mol. The third-order valence-electron chi connectivity index (χ3n) is 3.50. The van der Waals surface area contributed by atoms with Gasteiger partial charge in [0.2, 0.25) is 11.8 Å². The number of imide groups is 1. The summed E-state index contributed by atoms with van der Waals surface area (Å²) in [5.74, 6) is -0.748. The predicted molar refractivity (Wildman–Crippen MR) is 75.2 cm³/mol. The topological polar surface area (TPSA) is 66.5 Å². The highest BCUT2D eigenvalue weighted by atomic mass is 127. The van der Waals surface area contributed by atoms with E-state index in [1.54, 1.807) is 4.90 Å². The Labute approximate surface area is 123 Å². The molecule has 0 unspecified atom stereocenters. The summed E-state index contributed by atoms with van der Waals surface area (Å²) in [6.07, 6.45) is 0.689. The Morgan fingerprint density at radius 1 is 1.26 bits per heavy atom. The Morgan fingerprint density at radius 2 is 2.05 bits per heavy atom. The van der Waals surface area contributed by atoms with E-state index in [-0.39, 0.29) is 24.1 Å². The summed E-state index contributed by atoms with van der Waals surface area (Å²) in [6.45, 7) is 0.442. The van der Waals surface area contributed by atoms with Crippen LogP contribution >= 0.6 is 22.6 Å². The lowest BCUT2D eigenvalue weighted by atomic mass is 10.0. The molecule has 0 aliphatic carbocycles. The maximum atomic E-state index is 12.4. The maximum Gasteiger partial charge on any atom is 0.256 e. The summed E-state index contributed by atoms with van der Waals surface area (Å²) in [7, 11) is 0. The molecule has 0 spiro atoms. The minimum atomic E-state index is -0.534. The second kappa shape index (κ2) is 4.59. The van der Waals surface area contributed by atoms with Gasteiger partial charge in [0.25, 0.3) is 5.91 Å². The molecule has 1 atom stereocenters. The number of fused-ring (bicyclic) bond motifs is 1. The molecule has 98 valence electrons. The number of nitrogens with one attached hydrogen (secondary N) is 1. The molecule has 0 radical (unpaired) electrons. The molecule has 6 heteroatoms. The zero-order chi connectivity index (χ0) is 13.6. The first kappa shape index (κ1) is 12.6. The third-order valence-corrected chi connectivity index (χ3v) is 4.40. The van der Waals surface area contributed by atoms with Crippen molar-refractivity contribution in [1.82, 2.24) is 10.2 Å². The number of halogens is 1. The van der Waals surface area contributed by atoms with Crippen LogP contribution in [0.25, 0.3) is 0 Å². The van der Waals surface area contributed by atoms with Gasteiger partial charge in [-0.05, 0) is 40.6 Å². The molecule has 0 saturated carbocycles. The standard InChI is InChI=1S/C13H11IN2O3/c14-8-3-1-2-7-6-16(13(19)11(7)8)9-4-5-10(17)15-12(9)18/h1-3,9H,4-6H2,(H,15,17,18)/t9-/m0/s1. The number of piperidine rings is 1. The first-order valence-electron chi connectivity index (χ1n) is 6.00. The molecule has 2 aliphatic rings. The molecule has 1 aromatic carbocycles. The fourth-order valence-corrected chi connectivity index (χ4v) is 3.35. The number of nitrogens with zero attached hydrogens (tertiary/aromatic N) is 1. The highest BCUT2D eigenvalue weighted by molar-refractivity contribution is 14.1.